The van der Waals surface area contributed by atoms with Gasteiger partial charge in [0.05, 0.1) is 6.61 Å². The third-order valence-electron chi connectivity index (χ3n) is 7.07. The van der Waals surface area contributed by atoms with Crippen molar-refractivity contribution in [3.63, 3.8) is 0 Å². The van der Waals surface area contributed by atoms with E-state index in [-0.39, 0.29) is 17.9 Å². The van der Waals surface area contributed by atoms with Crippen molar-refractivity contribution in [2.75, 3.05) is 11.9 Å². The second-order valence-electron chi connectivity index (χ2n) is 10.2. The number of hydrogen-bond donors (Lipinski definition) is 2. The van der Waals surface area contributed by atoms with Crippen molar-refractivity contribution in [1.82, 2.24) is 5.32 Å². The molecule has 0 aromatic heterocycles. The number of nitrogens with one attached hydrogen (secondary N) is 2. The van der Waals surface area contributed by atoms with Crippen LogP contribution in [0, 0.1) is 27.7 Å². The Balaban J connectivity index is 1.54. The molecule has 37 heavy (non-hydrogen) atoms. The molecule has 194 valence electrons. The van der Waals surface area contributed by atoms with Crippen molar-refractivity contribution in [1.29, 1.82) is 0 Å². The Labute approximate surface area is 224 Å². The first-order chi connectivity index (χ1) is 17.5. The third-order valence-corrected chi connectivity index (χ3v) is 7.66. The smallest absolute Gasteiger partial charge is 0.331 e. The van der Waals surface area contributed by atoms with E-state index in [1.54, 1.807) is 6.92 Å². The number of hydrogen-bond acceptors (Lipinski definition) is 4. The maximum absolute atomic E-state index is 13.1. The van der Waals surface area contributed by atoms with E-state index >= 15 is 0 Å². The van der Waals surface area contributed by atoms with Crippen molar-refractivity contribution < 1.29 is 14.3 Å². The van der Waals surface area contributed by atoms with E-state index in [4.69, 9.17) is 16.3 Å². The summed E-state index contributed by atoms with van der Waals surface area (Å²) in [5, 5.41) is 7.35. The zero-order valence-corrected chi connectivity index (χ0v) is 23.2. The quantitative estimate of drug-likeness (QED) is 0.308. The van der Waals surface area contributed by atoms with Crippen molar-refractivity contribution in [2.24, 2.45) is 0 Å². The number of carbonyl (C=O) groups is 2. The normalized spacial score (nSPS) is 14.6. The lowest BCUT2D eigenvalue weighted by molar-refractivity contribution is -0.146. The number of amides is 1. The number of ether oxygens (including phenoxy) is 1. The Kier molecular flexibility index (Phi) is 7.65. The molecule has 2 N–H and O–H groups in total. The fourth-order valence-electron chi connectivity index (χ4n) is 4.89. The molecule has 0 radical (unpaired) electrons. The van der Waals surface area contributed by atoms with Gasteiger partial charge >= 0.3 is 5.97 Å². The fourth-order valence-corrected chi connectivity index (χ4v) is 5.00. The summed E-state index contributed by atoms with van der Waals surface area (Å²) in [5.41, 5.74) is 7.90. The average molecular weight is 519 g/mol. The van der Waals surface area contributed by atoms with E-state index < -0.39 is 5.54 Å². The highest BCUT2D eigenvalue weighted by Crippen LogP contribution is 2.37. The molecule has 0 saturated heterocycles. The van der Waals surface area contributed by atoms with Gasteiger partial charge in [0.2, 0.25) is 0 Å². The van der Waals surface area contributed by atoms with Crippen LogP contribution in [0.25, 0.3) is 11.1 Å². The number of carbonyl (C=O) groups excluding carboxylic acids is 2. The second kappa shape index (κ2) is 10.6. The first-order valence-electron chi connectivity index (χ1n) is 12.8. The highest BCUT2D eigenvalue weighted by atomic mass is 35.5. The van der Waals surface area contributed by atoms with Crippen LogP contribution in [0.15, 0.2) is 48.5 Å². The second-order valence-corrected chi connectivity index (χ2v) is 10.5. The Morgan fingerprint density at radius 2 is 1.57 bits per heavy atom. The van der Waals surface area contributed by atoms with Gasteiger partial charge in [0.15, 0.2) is 0 Å². The van der Waals surface area contributed by atoms with E-state index in [9.17, 15) is 9.59 Å². The molecule has 3 aromatic carbocycles. The molecule has 1 saturated carbocycles. The lowest BCUT2D eigenvalue weighted by atomic mass is 9.94. The fraction of sp³-hybridized carbons (Fsp3) is 0.355. The summed E-state index contributed by atoms with van der Waals surface area (Å²) in [6, 6.07) is 16.7. The van der Waals surface area contributed by atoms with Gasteiger partial charge in [0, 0.05) is 22.3 Å². The van der Waals surface area contributed by atoms with Gasteiger partial charge in [-0.15, -0.1) is 0 Å². The summed E-state index contributed by atoms with van der Waals surface area (Å²) in [6.07, 6.45) is 1.22. The first kappa shape index (κ1) is 26.7. The van der Waals surface area contributed by atoms with E-state index in [1.165, 1.54) is 5.56 Å². The molecule has 6 heteroatoms. The Bertz CT molecular complexity index is 1310. The molecule has 1 aliphatic carbocycles. The number of esters is 1. The summed E-state index contributed by atoms with van der Waals surface area (Å²) in [5.74, 6) is -0.581. The number of aryl methyl sites for hydroxylation is 4. The minimum absolute atomic E-state index is 0.105. The van der Waals surface area contributed by atoms with Crippen LogP contribution in [0.1, 0.15) is 70.9 Å². The SMILES string of the molecule is CCOC(=O)C1(NC(=O)c2c(C)cc(-c3cccc(N[C@H](C)c4cc(C)c(Cl)c(C)c4)c3)cc2C)CC1. The van der Waals surface area contributed by atoms with E-state index in [1.807, 2.05) is 45.9 Å². The lowest BCUT2D eigenvalue weighted by Gasteiger charge is -2.19. The molecular weight excluding hydrogens is 484 g/mol. The van der Waals surface area contributed by atoms with E-state index in [0.29, 0.717) is 25.0 Å². The molecule has 1 atom stereocenters. The number of halogens is 1. The molecule has 0 unspecified atom stereocenters. The van der Waals surface area contributed by atoms with Crippen LogP contribution in [0.3, 0.4) is 0 Å². The molecule has 0 bridgehead atoms. The molecule has 1 amide bonds. The minimum atomic E-state index is -0.873. The molecule has 4 rings (SSSR count). The molecule has 5 nitrogen and oxygen atoms in total. The van der Waals surface area contributed by atoms with E-state index in [0.717, 1.165) is 44.1 Å². The molecular formula is C31H35ClN2O3. The van der Waals surface area contributed by atoms with Crippen LogP contribution in [0.2, 0.25) is 5.02 Å². The Hall–Kier alpha value is -3.31. The zero-order valence-electron chi connectivity index (χ0n) is 22.4. The van der Waals surface area contributed by atoms with Crippen molar-refractivity contribution >= 4 is 29.2 Å². The molecule has 0 heterocycles. The molecule has 1 aliphatic rings. The predicted molar refractivity (Wildman–Crippen MR) is 150 cm³/mol. The summed E-state index contributed by atoms with van der Waals surface area (Å²) in [6.45, 7) is 12.1. The van der Waals surface area contributed by atoms with Crippen LogP contribution >= 0.6 is 11.6 Å². The van der Waals surface area contributed by atoms with Gasteiger partial charge in [0.1, 0.15) is 5.54 Å². The van der Waals surface area contributed by atoms with Crippen molar-refractivity contribution in [3.05, 3.63) is 86.9 Å². The van der Waals surface area contributed by atoms with Crippen LogP contribution in [0.5, 0.6) is 0 Å². The van der Waals surface area contributed by atoms with Crippen LogP contribution in [-0.4, -0.2) is 24.0 Å². The van der Waals surface area contributed by atoms with Gasteiger partial charge in [0.25, 0.3) is 5.91 Å². The topological polar surface area (TPSA) is 67.4 Å². The predicted octanol–water partition coefficient (Wildman–Crippen LogP) is 7.24. The number of anilines is 1. The Morgan fingerprint density at radius 3 is 2.14 bits per heavy atom. The zero-order chi connectivity index (χ0) is 26.9. The monoisotopic (exact) mass is 518 g/mol. The summed E-state index contributed by atoms with van der Waals surface area (Å²) < 4.78 is 5.16. The maximum atomic E-state index is 13.1. The van der Waals surface area contributed by atoms with Crippen molar-refractivity contribution in [3.8, 4) is 11.1 Å². The van der Waals surface area contributed by atoms with E-state index in [2.05, 4.69) is 47.9 Å². The van der Waals surface area contributed by atoms with Gasteiger partial charge < -0.3 is 15.4 Å². The van der Waals surface area contributed by atoms with Crippen LogP contribution in [0.4, 0.5) is 5.69 Å². The highest BCUT2D eigenvalue weighted by Gasteiger charge is 2.52. The summed E-state index contributed by atoms with van der Waals surface area (Å²) >= 11 is 6.35. The molecule has 3 aromatic rings. The molecule has 1 fully saturated rings. The maximum Gasteiger partial charge on any atom is 0.331 e. The van der Waals surface area contributed by atoms with Gasteiger partial charge in [-0.05, 0) is 105 Å². The summed E-state index contributed by atoms with van der Waals surface area (Å²) in [7, 11) is 0. The standard InChI is InChI=1S/C31H35ClN2O3/c1-7-37-30(36)31(11-12-31)34-29(35)27-18(2)13-25(14-19(27)3)23-9-8-10-26(17-23)33-22(6)24-15-20(4)28(32)21(5)16-24/h8-10,13-17,22,33H,7,11-12H2,1-6H3,(H,34,35)/t22-/m1/s1. The lowest BCUT2D eigenvalue weighted by Crippen LogP contribution is -2.44. The van der Waals surface area contributed by atoms with Gasteiger partial charge in [-0.3, -0.25) is 4.79 Å². The largest absolute Gasteiger partial charge is 0.464 e. The first-order valence-corrected chi connectivity index (χ1v) is 13.2. The average Bonchev–Trinajstić information content (AvgIpc) is 3.62. The van der Waals surface area contributed by atoms with Gasteiger partial charge in [-0.25, -0.2) is 4.79 Å². The molecule has 0 spiro atoms. The third kappa shape index (κ3) is 5.67. The number of rotatable bonds is 8. The van der Waals surface area contributed by atoms with Gasteiger partial charge in [-0.1, -0.05) is 48.0 Å². The Morgan fingerprint density at radius 1 is 0.946 bits per heavy atom. The molecule has 0 aliphatic heterocycles. The van der Waals surface area contributed by atoms with Crippen LogP contribution < -0.4 is 10.6 Å². The minimum Gasteiger partial charge on any atom is -0.464 e. The van der Waals surface area contributed by atoms with Crippen molar-refractivity contribution in [2.45, 2.75) is 66.0 Å². The summed E-state index contributed by atoms with van der Waals surface area (Å²) in [4.78, 5) is 25.4. The number of benzene rings is 3. The highest BCUT2D eigenvalue weighted by molar-refractivity contribution is 6.32. The van der Waals surface area contributed by atoms with Gasteiger partial charge in [-0.2, -0.15) is 0 Å². The van der Waals surface area contributed by atoms with Crippen LogP contribution in [-0.2, 0) is 9.53 Å².